The van der Waals surface area contributed by atoms with Gasteiger partial charge in [0.15, 0.2) is 6.10 Å². The fraction of sp³-hybridized carbons (Fsp3) is 0.455. The van der Waals surface area contributed by atoms with Crippen LogP contribution in [0.3, 0.4) is 0 Å². The van der Waals surface area contributed by atoms with Crippen molar-refractivity contribution in [2.75, 3.05) is 7.11 Å². The fourth-order valence-electron chi connectivity index (χ4n) is 1.87. The third-order valence-electron chi connectivity index (χ3n) is 2.59. The molecule has 1 aliphatic rings. The molecule has 1 aromatic carbocycles. The molecule has 1 aliphatic heterocycles. The van der Waals surface area contributed by atoms with Crippen LogP contribution in [0.25, 0.3) is 0 Å². The van der Waals surface area contributed by atoms with Gasteiger partial charge in [-0.25, -0.2) is 0 Å². The molecule has 0 N–H and O–H groups in total. The van der Waals surface area contributed by atoms with E-state index in [9.17, 15) is 13.2 Å². The summed E-state index contributed by atoms with van der Waals surface area (Å²) >= 11 is 0. The van der Waals surface area contributed by atoms with Crippen molar-refractivity contribution in [1.29, 1.82) is 0 Å². The molecule has 0 saturated heterocycles. The van der Waals surface area contributed by atoms with E-state index in [1.54, 1.807) is 24.3 Å². The summed E-state index contributed by atoms with van der Waals surface area (Å²) in [5.74, 6) is 0.513. The molecule has 0 radical (unpaired) electrons. The van der Waals surface area contributed by atoms with Gasteiger partial charge in [-0.15, -0.1) is 0 Å². The molecule has 16 heavy (non-hydrogen) atoms. The Morgan fingerprint density at radius 1 is 1.38 bits per heavy atom. The van der Waals surface area contributed by atoms with Crippen LogP contribution in [0, 0.1) is 0 Å². The van der Waals surface area contributed by atoms with Gasteiger partial charge in [-0.05, 0) is 11.6 Å². The minimum absolute atomic E-state index is 0.230. The molecule has 0 amide bonds. The SMILES string of the molecule is COC(C1Cc2ccccc2O1)C(F)(F)F. The van der Waals surface area contributed by atoms with Gasteiger partial charge < -0.3 is 9.47 Å². The van der Waals surface area contributed by atoms with Crippen LogP contribution in [-0.2, 0) is 11.2 Å². The maximum atomic E-state index is 12.6. The van der Waals surface area contributed by atoms with E-state index in [1.807, 2.05) is 0 Å². The number of hydrogen-bond donors (Lipinski definition) is 0. The summed E-state index contributed by atoms with van der Waals surface area (Å²) in [5, 5.41) is 0. The van der Waals surface area contributed by atoms with E-state index in [-0.39, 0.29) is 6.42 Å². The summed E-state index contributed by atoms with van der Waals surface area (Å²) in [6.45, 7) is 0. The second-order valence-corrected chi connectivity index (χ2v) is 3.67. The normalized spacial score (nSPS) is 21.4. The lowest BCUT2D eigenvalue weighted by Gasteiger charge is -2.23. The highest BCUT2D eigenvalue weighted by Gasteiger charge is 2.48. The number of rotatable bonds is 2. The predicted molar refractivity (Wildman–Crippen MR) is 51.4 cm³/mol. The number of ether oxygens (including phenoxy) is 2. The molecule has 2 atom stereocenters. The van der Waals surface area contributed by atoms with Gasteiger partial charge in [0.2, 0.25) is 0 Å². The summed E-state index contributed by atoms with van der Waals surface area (Å²) in [6.07, 6.45) is -7.03. The number of halogens is 3. The van der Waals surface area contributed by atoms with E-state index < -0.39 is 18.4 Å². The molecule has 0 bridgehead atoms. The standard InChI is InChI=1S/C11H11F3O2/c1-15-10(11(12,13)14)9-6-7-4-2-3-5-8(7)16-9/h2-5,9-10H,6H2,1H3. The van der Waals surface area contributed by atoms with Crippen LogP contribution in [0.5, 0.6) is 5.75 Å². The Labute approximate surface area is 91.0 Å². The van der Waals surface area contributed by atoms with E-state index in [2.05, 4.69) is 4.74 Å². The van der Waals surface area contributed by atoms with Crippen molar-refractivity contribution >= 4 is 0 Å². The lowest BCUT2D eigenvalue weighted by Crippen LogP contribution is -2.43. The van der Waals surface area contributed by atoms with Crippen molar-refractivity contribution in [3.05, 3.63) is 29.8 Å². The molecule has 0 spiro atoms. The molecular formula is C11H11F3O2. The molecule has 2 nitrogen and oxygen atoms in total. The van der Waals surface area contributed by atoms with Gasteiger partial charge in [0, 0.05) is 13.5 Å². The first kappa shape index (κ1) is 11.3. The average Bonchev–Trinajstić information content (AvgIpc) is 2.59. The molecule has 88 valence electrons. The zero-order valence-corrected chi connectivity index (χ0v) is 8.62. The highest BCUT2D eigenvalue weighted by molar-refractivity contribution is 5.37. The van der Waals surface area contributed by atoms with Gasteiger partial charge in [-0.1, -0.05) is 18.2 Å². The third kappa shape index (κ3) is 2.00. The Hall–Kier alpha value is -1.23. The first-order chi connectivity index (χ1) is 7.52. The monoisotopic (exact) mass is 232 g/mol. The minimum atomic E-state index is -4.40. The lowest BCUT2D eigenvalue weighted by atomic mass is 10.1. The Bertz CT molecular complexity index is 351. The molecule has 0 saturated carbocycles. The minimum Gasteiger partial charge on any atom is -0.487 e. The molecule has 2 rings (SSSR count). The van der Waals surface area contributed by atoms with E-state index in [0.717, 1.165) is 12.7 Å². The first-order valence-corrected chi connectivity index (χ1v) is 4.86. The second kappa shape index (κ2) is 3.97. The second-order valence-electron chi connectivity index (χ2n) is 3.67. The molecule has 1 aromatic rings. The number of hydrogen-bond acceptors (Lipinski definition) is 2. The summed E-state index contributed by atoms with van der Waals surface area (Å²) in [4.78, 5) is 0. The van der Waals surface area contributed by atoms with Crippen molar-refractivity contribution < 1.29 is 22.6 Å². The van der Waals surface area contributed by atoms with Gasteiger partial charge in [0.25, 0.3) is 0 Å². The third-order valence-corrected chi connectivity index (χ3v) is 2.59. The highest BCUT2D eigenvalue weighted by Crippen LogP contribution is 2.35. The fourth-order valence-corrected chi connectivity index (χ4v) is 1.87. The largest absolute Gasteiger partial charge is 0.487 e. The summed E-state index contributed by atoms with van der Waals surface area (Å²) in [5.41, 5.74) is 0.791. The van der Waals surface area contributed by atoms with Crippen LogP contribution < -0.4 is 4.74 Å². The first-order valence-electron chi connectivity index (χ1n) is 4.86. The Balaban J connectivity index is 2.16. The smallest absolute Gasteiger partial charge is 0.418 e. The lowest BCUT2D eigenvalue weighted by molar-refractivity contribution is -0.233. The van der Waals surface area contributed by atoms with Crippen molar-refractivity contribution in [3.63, 3.8) is 0 Å². The molecule has 0 fully saturated rings. The molecular weight excluding hydrogens is 221 g/mol. The van der Waals surface area contributed by atoms with Crippen molar-refractivity contribution in [2.45, 2.75) is 24.8 Å². The van der Waals surface area contributed by atoms with Crippen LogP contribution in [0.15, 0.2) is 24.3 Å². The highest BCUT2D eigenvalue weighted by atomic mass is 19.4. The number of alkyl halides is 3. The Kier molecular flexibility index (Phi) is 2.80. The van der Waals surface area contributed by atoms with E-state index in [4.69, 9.17) is 4.74 Å². The number of fused-ring (bicyclic) bond motifs is 1. The number of para-hydroxylation sites is 1. The van der Waals surface area contributed by atoms with Crippen LogP contribution in [0.1, 0.15) is 5.56 Å². The molecule has 2 unspecified atom stereocenters. The van der Waals surface area contributed by atoms with E-state index in [0.29, 0.717) is 5.75 Å². The molecule has 1 heterocycles. The van der Waals surface area contributed by atoms with Crippen molar-refractivity contribution in [2.24, 2.45) is 0 Å². The molecule has 0 aliphatic carbocycles. The van der Waals surface area contributed by atoms with Gasteiger partial charge in [-0.3, -0.25) is 0 Å². The Morgan fingerprint density at radius 2 is 2.06 bits per heavy atom. The van der Waals surface area contributed by atoms with Crippen LogP contribution in [0.2, 0.25) is 0 Å². The Morgan fingerprint density at radius 3 is 2.62 bits per heavy atom. The van der Waals surface area contributed by atoms with Gasteiger partial charge in [0.1, 0.15) is 11.9 Å². The van der Waals surface area contributed by atoms with Gasteiger partial charge in [-0.2, -0.15) is 13.2 Å². The maximum Gasteiger partial charge on any atom is 0.418 e. The maximum absolute atomic E-state index is 12.6. The molecule has 5 heteroatoms. The van der Waals surface area contributed by atoms with Gasteiger partial charge >= 0.3 is 6.18 Å². The zero-order valence-electron chi connectivity index (χ0n) is 8.62. The van der Waals surface area contributed by atoms with Crippen LogP contribution in [-0.4, -0.2) is 25.5 Å². The summed E-state index contributed by atoms with van der Waals surface area (Å²) in [6, 6.07) is 6.94. The van der Waals surface area contributed by atoms with E-state index >= 15 is 0 Å². The number of benzene rings is 1. The summed E-state index contributed by atoms with van der Waals surface area (Å²) in [7, 11) is 1.05. The molecule has 0 aromatic heterocycles. The predicted octanol–water partition coefficient (Wildman–Crippen LogP) is 2.57. The van der Waals surface area contributed by atoms with Crippen LogP contribution >= 0.6 is 0 Å². The van der Waals surface area contributed by atoms with Crippen LogP contribution in [0.4, 0.5) is 13.2 Å². The van der Waals surface area contributed by atoms with Crippen molar-refractivity contribution in [3.8, 4) is 5.75 Å². The van der Waals surface area contributed by atoms with Gasteiger partial charge in [0.05, 0.1) is 0 Å². The van der Waals surface area contributed by atoms with Crippen molar-refractivity contribution in [1.82, 2.24) is 0 Å². The zero-order chi connectivity index (χ0) is 11.8. The van der Waals surface area contributed by atoms with E-state index in [1.165, 1.54) is 0 Å². The quantitative estimate of drug-likeness (QED) is 0.780. The average molecular weight is 232 g/mol. The number of methoxy groups -OCH3 is 1. The summed E-state index contributed by atoms with van der Waals surface area (Å²) < 4.78 is 47.5. The topological polar surface area (TPSA) is 18.5 Å².